The molecule has 1 nitrogen and oxygen atoms in total. The maximum Gasteiger partial charge on any atom is 0.00527 e. The molecular weight excluding hydrogens is 184 g/mol. The van der Waals surface area contributed by atoms with E-state index in [4.69, 9.17) is 0 Å². The minimum absolute atomic E-state index is 0.275. The summed E-state index contributed by atoms with van der Waals surface area (Å²) in [7, 11) is 2.82. The van der Waals surface area contributed by atoms with Gasteiger partial charge in [-0.15, -0.1) is 15.8 Å². The van der Waals surface area contributed by atoms with Gasteiger partial charge in [-0.2, -0.15) is 0 Å². The molecule has 0 amide bonds. The zero-order valence-corrected chi connectivity index (χ0v) is 10.7. The van der Waals surface area contributed by atoms with Gasteiger partial charge in [0, 0.05) is 13.1 Å². The predicted molar refractivity (Wildman–Crippen MR) is 62.6 cm³/mol. The van der Waals surface area contributed by atoms with Gasteiger partial charge in [0.1, 0.15) is 0 Å². The number of rotatable bonds is 2. The summed E-state index contributed by atoms with van der Waals surface area (Å²) in [6.45, 7) is 12.4. The van der Waals surface area contributed by atoms with Crippen molar-refractivity contribution in [3.05, 3.63) is 0 Å². The molecular formula is C9H21NP2. The molecule has 72 valence electrons. The van der Waals surface area contributed by atoms with Crippen LogP contribution < -0.4 is 0 Å². The van der Waals surface area contributed by atoms with Gasteiger partial charge in [0.2, 0.25) is 0 Å². The van der Waals surface area contributed by atoms with E-state index in [-0.39, 0.29) is 15.8 Å². The van der Waals surface area contributed by atoms with Gasteiger partial charge < -0.3 is 4.90 Å². The molecule has 1 aliphatic heterocycles. The summed E-state index contributed by atoms with van der Waals surface area (Å²) in [6, 6.07) is 0. The van der Waals surface area contributed by atoms with Crippen molar-refractivity contribution in [2.24, 2.45) is 0 Å². The first-order chi connectivity index (χ1) is 5.52. The summed E-state index contributed by atoms with van der Waals surface area (Å²) in [5.41, 5.74) is 2.04. The topological polar surface area (TPSA) is 3.24 Å². The molecule has 2 unspecified atom stereocenters. The highest BCUT2D eigenvalue weighted by Crippen LogP contribution is 2.49. The van der Waals surface area contributed by atoms with E-state index in [1.807, 2.05) is 0 Å². The summed E-state index contributed by atoms with van der Waals surface area (Å²) in [5.74, 6) is 0. The lowest BCUT2D eigenvalue weighted by Gasteiger charge is -2.25. The molecule has 3 heteroatoms. The smallest absolute Gasteiger partial charge is 0.00527 e. The minimum atomic E-state index is 0.275. The third kappa shape index (κ3) is 2.41. The van der Waals surface area contributed by atoms with Crippen LogP contribution in [0.4, 0.5) is 0 Å². The molecule has 1 saturated heterocycles. The Morgan fingerprint density at radius 1 is 0.917 bits per heavy atom. The van der Waals surface area contributed by atoms with Crippen LogP contribution in [0.15, 0.2) is 0 Å². The van der Waals surface area contributed by atoms with Crippen LogP contribution in [-0.2, 0) is 0 Å². The molecule has 0 spiro atoms. The van der Waals surface area contributed by atoms with Crippen LogP contribution in [0.25, 0.3) is 0 Å². The maximum absolute atomic E-state index is 2.51. The standard InChI is InChI=1S/C9H21NP2/c1-10-6-8(11(2)3)9(7-10)12(4)5/h8-9H,6-7H2,1-5H3. The van der Waals surface area contributed by atoms with Gasteiger partial charge >= 0.3 is 0 Å². The Hall–Kier alpha value is 0.820. The fourth-order valence-electron chi connectivity index (χ4n) is 1.97. The molecule has 0 radical (unpaired) electrons. The summed E-state index contributed by atoms with van der Waals surface area (Å²) < 4.78 is 0. The van der Waals surface area contributed by atoms with Crippen LogP contribution in [0.5, 0.6) is 0 Å². The summed E-state index contributed by atoms with van der Waals surface area (Å²) in [5, 5.41) is 0. The Balaban J connectivity index is 2.59. The van der Waals surface area contributed by atoms with E-state index >= 15 is 0 Å². The first-order valence-electron chi connectivity index (χ1n) is 4.53. The van der Waals surface area contributed by atoms with Gasteiger partial charge in [-0.05, 0) is 45.0 Å². The van der Waals surface area contributed by atoms with E-state index < -0.39 is 0 Å². The van der Waals surface area contributed by atoms with Gasteiger partial charge in [-0.3, -0.25) is 0 Å². The highest BCUT2D eigenvalue weighted by Gasteiger charge is 2.34. The molecule has 0 saturated carbocycles. The molecule has 0 aromatic heterocycles. The molecule has 1 fully saturated rings. The number of hydrogen-bond donors (Lipinski definition) is 0. The van der Waals surface area contributed by atoms with Crippen molar-refractivity contribution in [1.29, 1.82) is 0 Å². The Morgan fingerprint density at radius 3 is 1.50 bits per heavy atom. The van der Waals surface area contributed by atoms with Crippen LogP contribution in [0, 0.1) is 0 Å². The monoisotopic (exact) mass is 205 g/mol. The van der Waals surface area contributed by atoms with E-state index in [1.54, 1.807) is 0 Å². The van der Waals surface area contributed by atoms with Gasteiger partial charge in [0.25, 0.3) is 0 Å². The van der Waals surface area contributed by atoms with Crippen molar-refractivity contribution >= 4 is 15.8 Å². The molecule has 0 aromatic rings. The Bertz CT molecular complexity index is 131. The normalized spacial score (nSPS) is 32.2. The Kier molecular flexibility index (Phi) is 3.96. The molecule has 12 heavy (non-hydrogen) atoms. The van der Waals surface area contributed by atoms with E-state index in [0.717, 1.165) is 11.3 Å². The maximum atomic E-state index is 2.51. The average molecular weight is 205 g/mol. The molecule has 1 heterocycles. The molecule has 1 aliphatic rings. The van der Waals surface area contributed by atoms with Gasteiger partial charge in [-0.25, -0.2) is 0 Å². The third-order valence-corrected chi connectivity index (χ3v) is 6.70. The molecule has 0 N–H and O–H groups in total. The number of nitrogens with zero attached hydrogens (tertiary/aromatic N) is 1. The van der Waals surface area contributed by atoms with Crippen molar-refractivity contribution in [3.63, 3.8) is 0 Å². The Morgan fingerprint density at radius 2 is 1.25 bits per heavy atom. The molecule has 0 aromatic carbocycles. The van der Waals surface area contributed by atoms with Crippen LogP contribution in [0.2, 0.25) is 0 Å². The van der Waals surface area contributed by atoms with Gasteiger partial charge in [-0.1, -0.05) is 0 Å². The van der Waals surface area contributed by atoms with Crippen LogP contribution >= 0.6 is 15.8 Å². The van der Waals surface area contributed by atoms with Crippen molar-refractivity contribution in [2.45, 2.75) is 11.3 Å². The minimum Gasteiger partial charge on any atom is -0.305 e. The Labute approximate surface area is 79.4 Å². The second kappa shape index (κ2) is 4.36. The fourth-order valence-corrected chi connectivity index (χ4v) is 6.35. The predicted octanol–water partition coefficient (Wildman–Crippen LogP) is 2.15. The van der Waals surface area contributed by atoms with Crippen LogP contribution in [0.1, 0.15) is 0 Å². The van der Waals surface area contributed by atoms with E-state index in [0.29, 0.717) is 0 Å². The molecule has 0 aliphatic carbocycles. The first-order valence-corrected chi connectivity index (χ1v) is 9.15. The van der Waals surface area contributed by atoms with Gasteiger partial charge in [0.15, 0.2) is 0 Å². The largest absolute Gasteiger partial charge is 0.305 e. The lowest BCUT2D eigenvalue weighted by atomic mass is 10.4. The van der Waals surface area contributed by atoms with Crippen LogP contribution in [0.3, 0.4) is 0 Å². The summed E-state index contributed by atoms with van der Waals surface area (Å²) >= 11 is 0. The number of hydrogen-bond acceptors (Lipinski definition) is 1. The molecule has 2 atom stereocenters. The van der Waals surface area contributed by atoms with Gasteiger partial charge in [0.05, 0.1) is 0 Å². The van der Waals surface area contributed by atoms with Crippen molar-refractivity contribution in [3.8, 4) is 0 Å². The van der Waals surface area contributed by atoms with E-state index in [1.165, 1.54) is 13.1 Å². The highest BCUT2D eigenvalue weighted by atomic mass is 31.1. The lowest BCUT2D eigenvalue weighted by Crippen LogP contribution is -2.19. The van der Waals surface area contributed by atoms with Crippen molar-refractivity contribution in [2.75, 3.05) is 46.8 Å². The van der Waals surface area contributed by atoms with E-state index in [2.05, 4.69) is 38.6 Å². The van der Waals surface area contributed by atoms with E-state index in [9.17, 15) is 0 Å². The summed E-state index contributed by atoms with van der Waals surface area (Å²) in [4.78, 5) is 2.51. The molecule has 1 rings (SSSR count). The second-order valence-corrected chi connectivity index (χ2v) is 9.46. The SMILES string of the molecule is CN1CC(P(C)C)C(P(C)C)C1. The quantitative estimate of drug-likeness (QED) is 0.624. The highest BCUT2D eigenvalue weighted by molar-refractivity contribution is 7.61. The average Bonchev–Trinajstić information content (AvgIpc) is 2.31. The third-order valence-electron chi connectivity index (χ3n) is 2.77. The van der Waals surface area contributed by atoms with Crippen LogP contribution in [-0.4, -0.2) is 63.0 Å². The van der Waals surface area contributed by atoms with Crippen molar-refractivity contribution in [1.82, 2.24) is 4.90 Å². The number of likely N-dealkylation sites (tertiary alicyclic amines) is 1. The molecule has 0 bridgehead atoms. The first kappa shape index (κ1) is 10.9. The fraction of sp³-hybridized carbons (Fsp3) is 1.00. The zero-order chi connectivity index (χ0) is 9.30. The second-order valence-electron chi connectivity index (χ2n) is 4.28. The zero-order valence-electron chi connectivity index (χ0n) is 8.91. The summed E-state index contributed by atoms with van der Waals surface area (Å²) in [6.07, 6.45) is 0. The lowest BCUT2D eigenvalue weighted by molar-refractivity contribution is 0.419. The van der Waals surface area contributed by atoms with Crippen molar-refractivity contribution < 1.29 is 0 Å².